The molecule has 2 N–H and O–H groups in total. The predicted octanol–water partition coefficient (Wildman–Crippen LogP) is 3.60. The molecule has 3 heteroatoms. The standard InChI is InChI=1S/C16H27NO2/c1-5-16(6-2,12-18)11-17-14-9-8-13(4)10-15(14)19-7-3/h8-10,17-18H,5-7,11-12H2,1-4H3. The predicted molar refractivity (Wildman–Crippen MR) is 80.9 cm³/mol. The minimum Gasteiger partial charge on any atom is -0.492 e. The lowest BCUT2D eigenvalue weighted by atomic mass is 9.83. The van der Waals surface area contributed by atoms with Crippen molar-refractivity contribution < 1.29 is 9.84 Å². The van der Waals surface area contributed by atoms with Gasteiger partial charge in [-0.05, 0) is 44.4 Å². The summed E-state index contributed by atoms with van der Waals surface area (Å²) in [7, 11) is 0. The molecule has 0 spiro atoms. The minimum atomic E-state index is -0.0473. The van der Waals surface area contributed by atoms with E-state index in [-0.39, 0.29) is 12.0 Å². The van der Waals surface area contributed by atoms with Crippen molar-refractivity contribution in [3.8, 4) is 5.75 Å². The van der Waals surface area contributed by atoms with Crippen LogP contribution in [-0.2, 0) is 0 Å². The summed E-state index contributed by atoms with van der Waals surface area (Å²) < 4.78 is 5.66. The van der Waals surface area contributed by atoms with Crippen molar-refractivity contribution >= 4 is 5.69 Å². The van der Waals surface area contributed by atoms with E-state index >= 15 is 0 Å². The molecule has 0 atom stereocenters. The van der Waals surface area contributed by atoms with E-state index in [1.54, 1.807) is 0 Å². The maximum Gasteiger partial charge on any atom is 0.142 e. The van der Waals surface area contributed by atoms with Crippen LogP contribution in [0.2, 0.25) is 0 Å². The largest absolute Gasteiger partial charge is 0.492 e. The number of nitrogens with one attached hydrogen (secondary N) is 1. The average molecular weight is 265 g/mol. The fraction of sp³-hybridized carbons (Fsp3) is 0.625. The van der Waals surface area contributed by atoms with Crippen molar-refractivity contribution in [3.63, 3.8) is 0 Å². The number of aliphatic hydroxyl groups is 1. The monoisotopic (exact) mass is 265 g/mol. The second-order valence-corrected chi connectivity index (χ2v) is 5.15. The Balaban J connectivity index is 2.81. The number of ether oxygens (including phenoxy) is 1. The van der Waals surface area contributed by atoms with E-state index in [1.165, 1.54) is 5.56 Å². The third-order valence-electron chi connectivity index (χ3n) is 3.93. The van der Waals surface area contributed by atoms with E-state index in [0.29, 0.717) is 6.61 Å². The lowest BCUT2D eigenvalue weighted by Gasteiger charge is -2.30. The van der Waals surface area contributed by atoms with Gasteiger partial charge in [0.15, 0.2) is 0 Å². The van der Waals surface area contributed by atoms with Gasteiger partial charge in [-0.15, -0.1) is 0 Å². The smallest absolute Gasteiger partial charge is 0.142 e. The van der Waals surface area contributed by atoms with Crippen molar-refractivity contribution in [1.82, 2.24) is 0 Å². The van der Waals surface area contributed by atoms with Gasteiger partial charge in [0.1, 0.15) is 5.75 Å². The van der Waals surface area contributed by atoms with Gasteiger partial charge < -0.3 is 15.2 Å². The Morgan fingerprint density at radius 2 is 1.89 bits per heavy atom. The van der Waals surface area contributed by atoms with Gasteiger partial charge in [0, 0.05) is 12.0 Å². The second kappa shape index (κ2) is 7.39. The maximum absolute atomic E-state index is 9.60. The minimum absolute atomic E-state index is 0.0473. The lowest BCUT2D eigenvalue weighted by molar-refractivity contribution is 0.127. The summed E-state index contributed by atoms with van der Waals surface area (Å²) in [6.45, 7) is 9.93. The molecule has 0 aliphatic carbocycles. The number of hydrogen-bond donors (Lipinski definition) is 2. The Kier molecular flexibility index (Phi) is 6.16. The zero-order chi connectivity index (χ0) is 14.3. The number of hydrogen-bond acceptors (Lipinski definition) is 3. The van der Waals surface area contributed by atoms with Crippen molar-refractivity contribution in [2.45, 2.75) is 40.5 Å². The molecule has 0 heterocycles. The molecule has 0 amide bonds. The van der Waals surface area contributed by atoms with Crippen molar-refractivity contribution in [1.29, 1.82) is 0 Å². The van der Waals surface area contributed by atoms with Gasteiger partial charge in [0.2, 0.25) is 0 Å². The van der Waals surface area contributed by atoms with Gasteiger partial charge in [-0.25, -0.2) is 0 Å². The summed E-state index contributed by atoms with van der Waals surface area (Å²) in [5.41, 5.74) is 2.15. The second-order valence-electron chi connectivity index (χ2n) is 5.15. The molecule has 0 saturated carbocycles. The maximum atomic E-state index is 9.60. The molecule has 0 aromatic heterocycles. The number of benzene rings is 1. The highest BCUT2D eigenvalue weighted by molar-refractivity contribution is 5.57. The van der Waals surface area contributed by atoms with Crippen LogP contribution in [-0.4, -0.2) is 24.9 Å². The molecule has 3 nitrogen and oxygen atoms in total. The molecule has 108 valence electrons. The molecule has 0 unspecified atom stereocenters. The Morgan fingerprint density at radius 1 is 1.21 bits per heavy atom. The summed E-state index contributed by atoms with van der Waals surface area (Å²) >= 11 is 0. The first-order valence-electron chi connectivity index (χ1n) is 7.19. The molecular formula is C16H27NO2. The normalized spacial score (nSPS) is 11.4. The molecular weight excluding hydrogens is 238 g/mol. The van der Waals surface area contributed by atoms with Gasteiger partial charge in [0.25, 0.3) is 0 Å². The quantitative estimate of drug-likeness (QED) is 0.754. The topological polar surface area (TPSA) is 41.5 Å². The Hall–Kier alpha value is -1.22. The highest BCUT2D eigenvalue weighted by Gasteiger charge is 2.25. The zero-order valence-electron chi connectivity index (χ0n) is 12.6. The van der Waals surface area contributed by atoms with Crippen LogP contribution in [0, 0.1) is 12.3 Å². The first-order chi connectivity index (χ1) is 9.10. The molecule has 19 heavy (non-hydrogen) atoms. The van der Waals surface area contributed by atoms with Gasteiger partial charge in [-0.1, -0.05) is 19.9 Å². The van der Waals surface area contributed by atoms with Crippen LogP contribution < -0.4 is 10.1 Å². The van der Waals surface area contributed by atoms with Crippen LogP contribution in [0.1, 0.15) is 39.2 Å². The van der Waals surface area contributed by atoms with Crippen LogP contribution in [0.15, 0.2) is 18.2 Å². The van der Waals surface area contributed by atoms with Crippen LogP contribution in [0.3, 0.4) is 0 Å². The Morgan fingerprint density at radius 3 is 2.42 bits per heavy atom. The van der Waals surface area contributed by atoms with E-state index in [9.17, 15) is 5.11 Å². The number of aryl methyl sites for hydroxylation is 1. The summed E-state index contributed by atoms with van der Waals surface area (Å²) in [6, 6.07) is 6.17. The molecule has 1 aromatic carbocycles. The van der Waals surface area contributed by atoms with E-state index in [0.717, 1.165) is 30.8 Å². The van der Waals surface area contributed by atoms with Gasteiger partial charge in [-0.3, -0.25) is 0 Å². The van der Waals surface area contributed by atoms with Crippen LogP contribution in [0.25, 0.3) is 0 Å². The molecule has 0 saturated heterocycles. The van der Waals surface area contributed by atoms with E-state index in [4.69, 9.17) is 4.74 Å². The van der Waals surface area contributed by atoms with Gasteiger partial charge in [0.05, 0.1) is 18.9 Å². The van der Waals surface area contributed by atoms with Gasteiger partial charge >= 0.3 is 0 Å². The molecule has 0 bridgehead atoms. The Labute approximate surface area is 117 Å². The summed E-state index contributed by atoms with van der Waals surface area (Å²) in [5.74, 6) is 0.890. The number of rotatable bonds is 8. The molecule has 0 fully saturated rings. The summed E-state index contributed by atoms with van der Waals surface area (Å²) in [6.07, 6.45) is 1.92. The molecule has 1 aromatic rings. The molecule has 0 aliphatic rings. The highest BCUT2D eigenvalue weighted by atomic mass is 16.5. The Bertz CT molecular complexity index is 378. The van der Waals surface area contributed by atoms with E-state index in [1.807, 2.05) is 19.1 Å². The van der Waals surface area contributed by atoms with Crippen LogP contribution >= 0.6 is 0 Å². The van der Waals surface area contributed by atoms with E-state index < -0.39 is 0 Å². The van der Waals surface area contributed by atoms with Crippen LogP contribution in [0.5, 0.6) is 5.75 Å². The third kappa shape index (κ3) is 4.13. The SMILES string of the molecule is CCOc1cc(C)ccc1NCC(CC)(CC)CO. The molecule has 0 radical (unpaired) electrons. The third-order valence-corrected chi connectivity index (χ3v) is 3.93. The van der Waals surface area contributed by atoms with Crippen molar-refractivity contribution in [3.05, 3.63) is 23.8 Å². The summed E-state index contributed by atoms with van der Waals surface area (Å²) in [4.78, 5) is 0. The number of aliphatic hydroxyl groups excluding tert-OH is 1. The van der Waals surface area contributed by atoms with Crippen molar-refractivity contribution in [2.75, 3.05) is 25.1 Å². The molecule has 1 rings (SSSR count). The van der Waals surface area contributed by atoms with Gasteiger partial charge in [-0.2, -0.15) is 0 Å². The van der Waals surface area contributed by atoms with E-state index in [2.05, 4.69) is 32.2 Å². The lowest BCUT2D eigenvalue weighted by Crippen LogP contribution is -2.32. The fourth-order valence-electron chi connectivity index (χ4n) is 2.11. The zero-order valence-corrected chi connectivity index (χ0v) is 12.6. The summed E-state index contributed by atoms with van der Waals surface area (Å²) in [5, 5.41) is 13.0. The number of anilines is 1. The van der Waals surface area contributed by atoms with Crippen LogP contribution in [0.4, 0.5) is 5.69 Å². The first-order valence-corrected chi connectivity index (χ1v) is 7.19. The van der Waals surface area contributed by atoms with Crippen molar-refractivity contribution in [2.24, 2.45) is 5.41 Å². The highest BCUT2D eigenvalue weighted by Crippen LogP contribution is 2.30. The molecule has 0 aliphatic heterocycles. The fourth-order valence-corrected chi connectivity index (χ4v) is 2.11. The first kappa shape index (κ1) is 15.8. The average Bonchev–Trinajstić information content (AvgIpc) is 2.43.